The fourth-order valence-electron chi connectivity index (χ4n) is 3.97. The first kappa shape index (κ1) is 37.3. The van der Waals surface area contributed by atoms with Crippen LogP contribution in [0.2, 0.25) is 0 Å². The summed E-state index contributed by atoms with van der Waals surface area (Å²) in [6.07, 6.45) is -7.25. The second kappa shape index (κ2) is 12.2. The van der Waals surface area contributed by atoms with Gasteiger partial charge in [-0.1, -0.05) is 30.3 Å². The van der Waals surface area contributed by atoms with E-state index in [9.17, 15) is 39.2 Å². The molecule has 0 aliphatic heterocycles. The minimum Gasteiger partial charge on any atom is -0.488 e. The van der Waals surface area contributed by atoms with Crippen LogP contribution in [0.1, 0.15) is 41.5 Å². The van der Waals surface area contributed by atoms with E-state index in [-0.39, 0.29) is 26.2 Å². The van der Waals surface area contributed by atoms with Gasteiger partial charge >= 0.3 is 33.4 Å². The molecule has 0 aliphatic carbocycles. The maximum atomic E-state index is 15.2. The Bertz CT molecular complexity index is 1570. The molecule has 0 radical (unpaired) electrons. The maximum absolute atomic E-state index is 15.2. The average molecular weight is 707 g/mol. The van der Waals surface area contributed by atoms with Gasteiger partial charge in [-0.3, -0.25) is 0 Å². The molecule has 16 heteroatoms. The first-order chi connectivity index (χ1) is 20.7. The van der Waals surface area contributed by atoms with Gasteiger partial charge in [0.2, 0.25) is 0 Å². The minimum atomic E-state index is -7.51. The number of hydrogen-bond donors (Lipinski definition) is 0. The third-order valence-corrected chi connectivity index (χ3v) is 11.0. The number of hydrogen-bond acceptors (Lipinski definition) is 5. The van der Waals surface area contributed by atoms with E-state index in [0.29, 0.717) is 0 Å². The summed E-state index contributed by atoms with van der Waals surface area (Å²) in [4.78, 5) is -0.793. The fraction of sp³-hybridized carbons (Fsp3) is 0.400. The summed E-state index contributed by atoms with van der Waals surface area (Å²) >= 11 is 0. The second-order valence-electron chi connectivity index (χ2n) is 11.9. The molecule has 0 fully saturated rings. The van der Waals surface area contributed by atoms with Gasteiger partial charge in [-0.05, 0) is 100 Å². The van der Waals surface area contributed by atoms with Gasteiger partial charge in [0.15, 0.2) is 0 Å². The average Bonchev–Trinajstić information content (AvgIpc) is 2.89. The molecule has 3 aromatic rings. The highest BCUT2D eigenvalue weighted by atomic mass is 32.3. The van der Waals surface area contributed by atoms with Crippen molar-refractivity contribution < 1.29 is 61.0 Å². The van der Waals surface area contributed by atoms with Gasteiger partial charge < -0.3 is 9.47 Å². The number of rotatable bonds is 10. The molecule has 0 spiro atoms. The van der Waals surface area contributed by atoms with Crippen molar-refractivity contribution in [1.82, 2.24) is 0 Å². The molecule has 3 rings (SSSR count). The first-order valence-corrected chi connectivity index (χ1v) is 16.3. The Balaban J connectivity index is 2.46. The van der Waals surface area contributed by atoms with Gasteiger partial charge in [-0.2, -0.15) is 47.9 Å². The Labute approximate surface area is 262 Å². The topological polar surface area (TPSA) is 61.8 Å². The Morgan fingerprint density at radius 2 is 0.913 bits per heavy atom. The van der Waals surface area contributed by atoms with Crippen molar-refractivity contribution in [2.75, 3.05) is 0 Å². The molecule has 0 atom stereocenters. The van der Waals surface area contributed by atoms with Crippen LogP contribution in [0.15, 0.2) is 93.5 Å². The molecular weight excluding hydrogens is 675 g/mol. The number of ether oxygens (including phenoxy) is 2. The maximum Gasteiger partial charge on any atom is 0.460 e. The lowest BCUT2D eigenvalue weighted by atomic mass is 10.1. The summed E-state index contributed by atoms with van der Waals surface area (Å²) < 4.78 is 169. The smallest absolute Gasteiger partial charge is 0.460 e. The van der Waals surface area contributed by atoms with Crippen LogP contribution >= 0.6 is 10.3 Å². The van der Waals surface area contributed by atoms with E-state index < -0.39 is 54.9 Å². The van der Waals surface area contributed by atoms with Gasteiger partial charge in [0.25, 0.3) is 0 Å². The first-order valence-electron chi connectivity index (χ1n) is 13.3. The largest absolute Gasteiger partial charge is 0.488 e. The highest BCUT2D eigenvalue weighted by molar-refractivity contribution is 8.33. The summed E-state index contributed by atoms with van der Waals surface area (Å²) in [6.45, 7) is 9.89. The molecule has 3 aromatic carbocycles. The minimum absolute atomic E-state index is 0.0293. The van der Waals surface area contributed by atoms with Crippen molar-refractivity contribution in [2.24, 2.45) is 0 Å². The van der Waals surface area contributed by atoms with E-state index in [1.165, 1.54) is 78.9 Å². The summed E-state index contributed by atoms with van der Waals surface area (Å²) in [7, 11) is -11.6. The van der Waals surface area contributed by atoms with Crippen LogP contribution in [0.4, 0.5) is 39.5 Å². The Hall–Kier alpha value is -3.11. The van der Waals surface area contributed by atoms with Gasteiger partial charge in [-0.25, -0.2) is 3.63 Å². The van der Waals surface area contributed by atoms with E-state index in [1.807, 2.05) is 0 Å². The van der Waals surface area contributed by atoms with Gasteiger partial charge in [0.05, 0.1) is 0 Å². The molecule has 5 nitrogen and oxygen atoms in total. The third-order valence-electron chi connectivity index (χ3n) is 5.82. The lowest BCUT2D eigenvalue weighted by Gasteiger charge is -2.41. The van der Waals surface area contributed by atoms with Crippen LogP contribution < -0.4 is 9.47 Å². The quantitative estimate of drug-likeness (QED) is 0.197. The molecule has 0 saturated heterocycles. The van der Waals surface area contributed by atoms with Gasteiger partial charge in [0, 0.05) is 14.7 Å². The van der Waals surface area contributed by atoms with Crippen LogP contribution in [-0.2, 0) is 13.7 Å². The van der Waals surface area contributed by atoms with Crippen LogP contribution in [0.5, 0.6) is 11.5 Å². The van der Waals surface area contributed by atoms with Crippen LogP contribution in [0, 0.1) is 0 Å². The van der Waals surface area contributed by atoms with Crippen molar-refractivity contribution in [3.05, 3.63) is 78.9 Å². The second-order valence-corrected chi connectivity index (χ2v) is 16.4. The van der Waals surface area contributed by atoms with Crippen molar-refractivity contribution in [3.63, 3.8) is 0 Å². The third kappa shape index (κ3) is 7.23. The monoisotopic (exact) mass is 706 g/mol. The van der Waals surface area contributed by atoms with Crippen LogP contribution in [0.3, 0.4) is 0 Å². The zero-order valence-corrected chi connectivity index (χ0v) is 26.9. The van der Waals surface area contributed by atoms with Crippen molar-refractivity contribution in [2.45, 2.75) is 90.7 Å². The molecule has 256 valence electrons. The normalized spacial score (nSPS) is 14.6. The zero-order valence-electron chi connectivity index (χ0n) is 25.3. The number of halogens is 9. The Morgan fingerprint density at radius 1 is 0.522 bits per heavy atom. The predicted molar refractivity (Wildman–Crippen MR) is 153 cm³/mol. The van der Waals surface area contributed by atoms with E-state index in [2.05, 4.69) is 0 Å². The lowest BCUT2D eigenvalue weighted by Crippen LogP contribution is -2.63. The van der Waals surface area contributed by atoms with E-state index in [4.69, 9.17) is 13.1 Å². The van der Waals surface area contributed by atoms with E-state index >= 15 is 8.78 Å². The molecule has 0 N–H and O–H groups in total. The Kier molecular flexibility index (Phi) is 9.87. The number of alkyl halides is 9. The molecule has 0 heterocycles. The molecule has 0 aromatic heterocycles. The van der Waals surface area contributed by atoms with Crippen LogP contribution in [0.25, 0.3) is 0 Å². The Morgan fingerprint density at radius 3 is 1.28 bits per heavy atom. The lowest BCUT2D eigenvalue weighted by molar-refractivity contribution is -0.382. The standard InChI is InChI=1S/C30H31F9O5S2/c1-25(2,3)42-20-12-10-16-23(18-20)45(22-14-8-7-9-15-22,24-17-11-13-21(19-24)43-26(4,5)6)44-46(40,41)30(38,39)28(33,34)27(31,32)29(35,36)37/h7-19H,1-6H3. The number of benzene rings is 3. The molecule has 0 saturated carbocycles. The molecular formula is C30H31F9O5S2. The van der Waals surface area contributed by atoms with Crippen LogP contribution in [-0.4, -0.2) is 42.9 Å². The molecule has 0 amide bonds. The predicted octanol–water partition coefficient (Wildman–Crippen LogP) is 10.0. The zero-order chi connectivity index (χ0) is 35.2. The molecule has 0 unspecified atom stereocenters. The summed E-state index contributed by atoms with van der Waals surface area (Å²) in [5.74, 6) is -14.9. The van der Waals surface area contributed by atoms with E-state index in [0.717, 1.165) is 0 Å². The molecule has 0 bridgehead atoms. The summed E-state index contributed by atoms with van der Waals surface area (Å²) in [6, 6.07) is 16.6. The van der Waals surface area contributed by atoms with Gasteiger partial charge in [0.1, 0.15) is 22.7 Å². The molecule has 0 aliphatic rings. The summed E-state index contributed by atoms with van der Waals surface area (Å²) in [5.41, 5.74) is -1.73. The van der Waals surface area contributed by atoms with Crippen molar-refractivity contribution in [1.29, 1.82) is 0 Å². The fourth-order valence-corrected chi connectivity index (χ4v) is 9.24. The highest BCUT2D eigenvalue weighted by Gasteiger charge is 2.86. The van der Waals surface area contributed by atoms with E-state index in [1.54, 1.807) is 41.5 Å². The molecule has 46 heavy (non-hydrogen) atoms. The van der Waals surface area contributed by atoms with Gasteiger partial charge in [-0.15, -0.1) is 0 Å². The van der Waals surface area contributed by atoms with Crippen molar-refractivity contribution >= 4 is 20.4 Å². The highest BCUT2D eigenvalue weighted by Crippen LogP contribution is 2.72. The van der Waals surface area contributed by atoms with Crippen molar-refractivity contribution in [3.8, 4) is 11.5 Å². The summed E-state index contributed by atoms with van der Waals surface area (Å²) in [5, 5.41) is -7.11. The SMILES string of the molecule is CC(C)(C)Oc1cccc(S(OS(=O)(=O)C(F)(F)C(F)(F)C(F)(F)C(F)(F)F)(c2ccccc2)c2cccc(OC(C)(C)C)c2)c1.